The van der Waals surface area contributed by atoms with Crippen LogP contribution in [0.4, 0.5) is 34.1 Å². The Labute approximate surface area is 417 Å². The van der Waals surface area contributed by atoms with Gasteiger partial charge in [-0.05, 0) is 128 Å². The number of fused-ring (bicyclic) bond motifs is 16. The first-order valence-electron chi connectivity index (χ1n) is 25.2. The minimum Gasteiger partial charge on any atom is -0.311 e. The maximum atomic E-state index is 2.64. The Morgan fingerprint density at radius 2 is 0.639 bits per heavy atom. The fourth-order valence-corrected chi connectivity index (χ4v) is 13.6. The van der Waals surface area contributed by atoms with Crippen molar-refractivity contribution in [3.8, 4) is 33.6 Å². The number of benzene rings is 11. The highest BCUT2D eigenvalue weighted by atomic mass is 15.2. The molecule has 4 nitrogen and oxygen atoms in total. The van der Waals surface area contributed by atoms with E-state index in [-0.39, 0.29) is 13.4 Å². The summed E-state index contributed by atoms with van der Waals surface area (Å²) in [6, 6.07) is 90.9. The van der Waals surface area contributed by atoms with Gasteiger partial charge in [0.25, 0.3) is 13.4 Å². The molecule has 72 heavy (non-hydrogen) atoms. The van der Waals surface area contributed by atoms with Gasteiger partial charge in [0.2, 0.25) is 0 Å². The zero-order chi connectivity index (χ0) is 46.8. The molecule has 0 amide bonds. The molecule has 0 aliphatic carbocycles. The summed E-state index contributed by atoms with van der Waals surface area (Å²) in [6.07, 6.45) is 0. The van der Waals surface area contributed by atoms with Crippen LogP contribution in [0.3, 0.4) is 0 Å². The SMILES string of the molecule is c1ccc(-c2ccc3c(c2)-n2c4cc5c(cc4c4ccc6c(c42)B3c2ccccc2N6c2ccccc2)c2ccc3c4c2n5-c2cc(-c5ccccc5)ccc2B4c2ccccc2N3c2ccccc2)cc1. The van der Waals surface area contributed by atoms with E-state index in [0.29, 0.717) is 0 Å². The highest BCUT2D eigenvalue weighted by Gasteiger charge is 2.44. The van der Waals surface area contributed by atoms with Gasteiger partial charge in [0, 0.05) is 67.0 Å². The van der Waals surface area contributed by atoms with E-state index in [1.807, 2.05) is 0 Å². The van der Waals surface area contributed by atoms with Crippen molar-refractivity contribution in [3.63, 3.8) is 0 Å². The molecule has 13 aromatic rings. The molecule has 0 N–H and O–H groups in total. The van der Waals surface area contributed by atoms with E-state index in [1.165, 1.54) is 133 Å². The summed E-state index contributed by atoms with van der Waals surface area (Å²) in [6.45, 7) is 0.0988. The molecule has 6 heteroatoms. The van der Waals surface area contributed by atoms with E-state index in [1.54, 1.807) is 0 Å². The monoisotopic (exact) mass is 910 g/mol. The lowest BCUT2D eigenvalue weighted by molar-refractivity contribution is 1.17. The van der Waals surface area contributed by atoms with E-state index in [0.717, 1.165) is 11.4 Å². The molecule has 0 unspecified atom stereocenters. The van der Waals surface area contributed by atoms with Gasteiger partial charge in [0.1, 0.15) is 0 Å². The molecule has 2 aromatic heterocycles. The Morgan fingerprint density at radius 1 is 0.250 bits per heavy atom. The molecular formula is C66H40B2N4. The molecule has 330 valence electrons. The summed E-state index contributed by atoms with van der Waals surface area (Å²) < 4.78 is 5.28. The lowest BCUT2D eigenvalue weighted by Crippen LogP contribution is -2.60. The van der Waals surface area contributed by atoms with Crippen LogP contribution in [-0.4, -0.2) is 22.6 Å². The maximum absolute atomic E-state index is 2.64. The summed E-state index contributed by atoms with van der Waals surface area (Å²) in [5, 5.41) is 5.09. The van der Waals surface area contributed by atoms with Gasteiger partial charge in [0.15, 0.2) is 0 Å². The quantitative estimate of drug-likeness (QED) is 0.164. The molecule has 0 spiro atoms. The van der Waals surface area contributed by atoms with Gasteiger partial charge in [-0.15, -0.1) is 0 Å². The van der Waals surface area contributed by atoms with Crippen LogP contribution in [0.2, 0.25) is 0 Å². The third-order valence-electron chi connectivity index (χ3n) is 16.5. The minimum atomic E-state index is 0.0494. The number of para-hydroxylation sites is 4. The lowest BCUT2D eigenvalue weighted by Gasteiger charge is -2.40. The molecular weight excluding hydrogens is 870 g/mol. The summed E-state index contributed by atoms with van der Waals surface area (Å²) in [7, 11) is 0. The molecule has 0 radical (unpaired) electrons. The second kappa shape index (κ2) is 14.2. The number of rotatable bonds is 4. The average molecular weight is 911 g/mol. The van der Waals surface area contributed by atoms with Crippen molar-refractivity contribution in [1.29, 1.82) is 0 Å². The Bertz CT molecular complexity index is 4180. The van der Waals surface area contributed by atoms with Crippen molar-refractivity contribution >= 4 is 124 Å². The van der Waals surface area contributed by atoms with Gasteiger partial charge in [0.05, 0.1) is 22.1 Å². The molecule has 0 atom stereocenters. The molecule has 11 aromatic carbocycles. The van der Waals surface area contributed by atoms with Crippen LogP contribution in [0, 0.1) is 0 Å². The Balaban J connectivity index is 1.02. The average Bonchev–Trinajstić information content (AvgIpc) is 3.96. The predicted molar refractivity (Wildman–Crippen MR) is 305 cm³/mol. The first kappa shape index (κ1) is 38.6. The van der Waals surface area contributed by atoms with Crippen molar-refractivity contribution in [1.82, 2.24) is 9.13 Å². The van der Waals surface area contributed by atoms with Crippen LogP contribution in [0.15, 0.2) is 243 Å². The van der Waals surface area contributed by atoms with E-state index in [4.69, 9.17) is 0 Å². The summed E-state index contributed by atoms with van der Waals surface area (Å²) in [4.78, 5) is 4.99. The molecule has 17 rings (SSSR count). The predicted octanol–water partition coefficient (Wildman–Crippen LogP) is 12.4. The van der Waals surface area contributed by atoms with Crippen LogP contribution >= 0.6 is 0 Å². The van der Waals surface area contributed by atoms with Gasteiger partial charge >= 0.3 is 0 Å². The van der Waals surface area contributed by atoms with E-state index >= 15 is 0 Å². The number of anilines is 6. The van der Waals surface area contributed by atoms with Crippen molar-refractivity contribution < 1.29 is 0 Å². The molecule has 0 saturated heterocycles. The van der Waals surface area contributed by atoms with Gasteiger partial charge in [-0.1, -0.05) is 170 Å². The van der Waals surface area contributed by atoms with Crippen LogP contribution in [0.5, 0.6) is 0 Å². The Morgan fingerprint density at radius 3 is 1.08 bits per heavy atom. The van der Waals surface area contributed by atoms with Crippen LogP contribution < -0.4 is 42.6 Å². The highest BCUT2D eigenvalue weighted by Crippen LogP contribution is 2.47. The third-order valence-corrected chi connectivity index (χ3v) is 16.5. The minimum absolute atomic E-state index is 0.0494. The fourth-order valence-electron chi connectivity index (χ4n) is 13.6. The molecule has 0 bridgehead atoms. The molecule has 0 fully saturated rings. The normalized spacial score (nSPS) is 13.4. The Hall–Kier alpha value is -9.25. The van der Waals surface area contributed by atoms with Gasteiger partial charge in [-0.25, -0.2) is 0 Å². The van der Waals surface area contributed by atoms with Gasteiger partial charge in [-0.3, -0.25) is 0 Å². The maximum Gasteiger partial charge on any atom is 0.252 e. The van der Waals surface area contributed by atoms with E-state index in [9.17, 15) is 0 Å². The smallest absolute Gasteiger partial charge is 0.252 e. The molecule has 4 aliphatic rings. The largest absolute Gasteiger partial charge is 0.311 e. The topological polar surface area (TPSA) is 16.3 Å². The summed E-state index contributed by atoms with van der Waals surface area (Å²) in [5.74, 6) is 0. The van der Waals surface area contributed by atoms with E-state index < -0.39 is 0 Å². The number of nitrogens with zero attached hydrogens (tertiary/aromatic N) is 4. The zero-order valence-electron chi connectivity index (χ0n) is 39.0. The number of aromatic nitrogens is 2. The van der Waals surface area contributed by atoms with Crippen molar-refractivity contribution in [3.05, 3.63) is 243 Å². The second-order valence-electron chi connectivity index (χ2n) is 20.0. The van der Waals surface area contributed by atoms with Crippen LogP contribution in [-0.2, 0) is 0 Å². The number of hydrogen-bond donors (Lipinski definition) is 0. The Kier molecular flexibility index (Phi) is 7.60. The van der Waals surface area contributed by atoms with Crippen molar-refractivity contribution in [2.24, 2.45) is 0 Å². The lowest BCUT2D eigenvalue weighted by atomic mass is 9.34. The highest BCUT2D eigenvalue weighted by molar-refractivity contribution is 7.01. The third kappa shape index (κ3) is 4.98. The van der Waals surface area contributed by atoms with Crippen molar-refractivity contribution in [2.45, 2.75) is 0 Å². The van der Waals surface area contributed by atoms with Crippen LogP contribution in [0.25, 0.3) is 77.2 Å². The molecule has 6 heterocycles. The molecule has 4 aliphatic heterocycles. The molecule has 0 saturated carbocycles. The van der Waals surface area contributed by atoms with Gasteiger partial charge in [-0.2, -0.15) is 0 Å². The zero-order valence-corrected chi connectivity index (χ0v) is 39.0. The standard InChI is InChI=1S/C66H40B2N4/c1-5-17-41(18-6-1)43-29-33-53-61(37-43)71-59-40-60-50(39-49(59)47-31-35-57-63(65(47)71)67(53)51-25-13-15-27-55(51)69(57)45-21-9-3-10-22-45)48-32-36-58-64-66(48)72(60)62-38-44(42-19-7-2-8-20-42)30-34-54(62)68(64)52-26-14-16-28-56(52)70(58)46-23-11-4-12-24-46/h1-40H. The summed E-state index contributed by atoms with van der Waals surface area (Å²) in [5.41, 5.74) is 27.6. The first-order chi connectivity index (χ1) is 35.8. The second-order valence-corrected chi connectivity index (χ2v) is 20.0. The fraction of sp³-hybridized carbons (Fsp3) is 0. The van der Waals surface area contributed by atoms with E-state index in [2.05, 4.69) is 262 Å². The van der Waals surface area contributed by atoms with Gasteiger partial charge < -0.3 is 18.9 Å². The first-order valence-corrected chi connectivity index (χ1v) is 25.2. The van der Waals surface area contributed by atoms with Crippen LogP contribution in [0.1, 0.15) is 0 Å². The number of hydrogen-bond acceptors (Lipinski definition) is 2. The summed E-state index contributed by atoms with van der Waals surface area (Å²) >= 11 is 0. The van der Waals surface area contributed by atoms with Crippen molar-refractivity contribution in [2.75, 3.05) is 9.80 Å².